The van der Waals surface area contributed by atoms with Gasteiger partial charge in [-0.3, -0.25) is 0 Å². The van der Waals surface area contributed by atoms with E-state index in [-0.39, 0.29) is 10.6 Å². The topological polar surface area (TPSA) is 37.4 Å². The van der Waals surface area contributed by atoms with Crippen molar-refractivity contribution in [2.24, 2.45) is 0 Å². The fourth-order valence-corrected chi connectivity index (χ4v) is 4.59. The van der Waals surface area contributed by atoms with Crippen LogP contribution in [0, 0.1) is 6.92 Å². The number of alkyl halides is 6. The summed E-state index contributed by atoms with van der Waals surface area (Å²) < 4.78 is 108. The summed E-state index contributed by atoms with van der Waals surface area (Å²) in [5, 5.41) is 0. The van der Waals surface area contributed by atoms with Gasteiger partial charge < -0.3 is 0 Å². The standard InChI is InChI=1S/C21H15F6NO2S/c1-14-18(20(22,23)24)12-16(13-19(14)21(25,26)27)28(15-8-4-2-5-9-15)31(29,30)17-10-6-3-7-11-17/h2-13H,1H3. The lowest BCUT2D eigenvalue weighted by Gasteiger charge is -2.27. The molecule has 0 aromatic heterocycles. The van der Waals surface area contributed by atoms with E-state index in [1.165, 1.54) is 60.7 Å². The summed E-state index contributed by atoms with van der Waals surface area (Å²) in [5.74, 6) is 0. The minimum atomic E-state index is -5.13. The summed E-state index contributed by atoms with van der Waals surface area (Å²) in [6.07, 6.45) is -10.3. The molecule has 0 fully saturated rings. The molecular formula is C21H15F6NO2S. The lowest BCUT2D eigenvalue weighted by Crippen LogP contribution is -2.27. The normalized spacial score (nSPS) is 12.6. The van der Waals surface area contributed by atoms with Crippen LogP contribution in [-0.4, -0.2) is 8.42 Å². The van der Waals surface area contributed by atoms with Gasteiger partial charge in [0, 0.05) is 0 Å². The van der Waals surface area contributed by atoms with Crippen LogP contribution in [0.5, 0.6) is 0 Å². The van der Waals surface area contributed by atoms with E-state index in [0.717, 1.165) is 0 Å². The van der Waals surface area contributed by atoms with Gasteiger partial charge in [0.25, 0.3) is 10.0 Å². The van der Waals surface area contributed by atoms with Gasteiger partial charge in [0.05, 0.1) is 27.4 Å². The third-order valence-electron chi connectivity index (χ3n) is 4.51. The van der Waals surface area contributed by atoms with E-state index in [0.29, 0.717) is 23.4 Å². The average Bonchev–Trinajstić information content (AvgIpc) is 2.69. The molecule has 0 unspecified atom stereocenters. The van der Waals surface area contributed by atoms with E-state index in [9.17, 15) is 34.8 Å². The Morgan fingerprint density at radius 1 is 0.677 bits per heavy atom. The summed E-state index contributed by atoms with van der Waals surface area (Å²) in [6, 6.07) is 14.5. The van der Waals surface area contributed by atoms with E-state index in [2.05, 4.69) is 0 Å². The number of benzene rings is 3. The van der Waals surface area contributed by atoms with Crippen molar-refractivity contribution in [3.63, 3.8) is 0 Å². The molecule has 0 radical (unpaired) electrons. The zero-order valence-electron chi connectivity index (χ0n) is 15.9. The lowest BCUT2D eigenvalue weighted by molar-refractivity contribution is -0.143. The molecule has 0 spiro atoms. The van der Waals surface area contributed by atoms with Gasteiger partial charge in [0.1, 0.15) is 0 Å². The van der Waals surface area contributed by atoms with Gasteiger partial charge in [-0.05, 0) is 48.9 Å². The van der Waals surface area contributed by atoms with E-state index in [1.54, 1.807) is 0 Å². The van der Waals surface area contributed by atoms with Crippen LogP contribution in [0.25, 0.3) is 0 Å². The molecule has 3 rings (SSSR count). The van der Waals surface area contributed by atoms with Crippen LogP contribution in [0.3, 0.4) is 0 Å². The van der Waals surface area contributed by atoms with Crippen molar-refractivity contribution in [1.82, 2.24) is 0 Å². The first-order valence-corrected chi connectivity index (χ1v) is 10.2. The molecule has 0 heterocycles. The maximum absolute atomic E-state index is 13.5. The Balaban J connectivity index is 2.38. The van der Waals surface area contributed by atoms with E-state index >= 15 is 0 Å². The smallest absolute Gasteiger partial charge is 0.234 e. The first kappa shape index (κ1) is 22.7. The van der Waals surface area contributed by atoms with Gasteiger partial charge >= 0.3 is 12.4 Å². The first-order valence-electron chi connectivity index (χ1n) is 8.78. The lowest BCUT2D eigenvalue weighted by atomic mass is 10.00. The molecule has 0 saturated carbocycles. The molecule has 3 nitrogen and oxygen atoms in total. The van der Waals surface area contributed by atoms with Gasteiger partial charge in [0.15, 0.2) is 0 Å². The number of para-hydroxylation sites is 1. The Hall–Kier alpha value is -3.01. The van der Waals surface area contributed by atoms with Crippen LogP contribution in [0.2, 0.25) is 0 Å². The van der Waals surface area contributed by atoms with Crippen molar-refractivity contribution in [2.45, 2.75) is 24.2 Å². The summed E-state index contributed by atoms with van der Waals surface area (Å²) in [4.78, 5) is -0.290. The molecule has 164 valence electrons. The van der Waals surface area contributed by atoms with E-state index in [1.807, 2.05) is 0 Å². The zero-order valence-corrected chi connectivity index (χ0v) is 16.7. The third kappa shape index (κ3) is 4.53. The van der Waals surface area contributed by atoms with Crippen LogP contribution in [0.4, 0.5) is 37.7 Å². The van der Waals surface area contributed by atoms with Crippen molar-refractivity contribution in [1.29, 1.82) is 0 Å². The monoisotopic (exact) mass is 459 g/mol. The molecule has 0 amide bonds. The quantitative estimate of drug-likeness (QED) is 0.415. The van der Waals surface area contributed by atoms with Crippen molar-refractivity contribution >= 4 is 21.4 Å². The molecule has 0 aliphatic carbocycles. The molecule has 0 bridgehead atoms. The minimum absolute atomic E-state index is 0.114. The predicted molar refractivity (Wildman–Crippen MR) is 103 cm³/mol. The van der Waals surface area contributed by atoms with E-state index < -0.39 is 44.8 Å². The van der Waals surface area contributed by atoms with Crippen LogP contribution in [-0.2, 0) is 22.4 Å². The second-order valence-electron chi connectivity index (χ2n) is 6.58. The molecule has 3 aromatic rings. The molecule has 0 N–H and O–H groups in total. The number of hydrogen-bond acceptors (Lipinski definition) is 2. The van der Waals surface area contributed by atoms with Gasteiger partial charge in [-0.25, -0.2) is 12.7 Å². The second kappa shape index (κ2) is 7.92. The zero-order chi connectivity index (χ0) is 23.0. The Kier molecular flexibility index (Phi) is 5.79. The maximum atomic E-state index is 13.5. The molecule has 0 saturated heterocycles. The predicted octanol–water partition coefficient (Wildman–Crippen LogP) is 6.56. The fraction of sp³-hybridized carbons (Fsp3) is 0.143. The molecule has 10 heteroatoms. The number of hydrogen-bond donors (Lipinski definition) is 0. The summed E-state index contributed by atoms with van der Waals surface area (Å²) >= 11 is 0. The van der Waals surface area contributed by atoms with Crippen molar-refractivity contribution in [2.75, 3.05) is 4.31 Å². The maximum Gasteiger partial charge on any atom is 0.416 e. The fourth-order valence-electron chi connectivity index (χ4n) is 3.09. The molecule has 0 aliphatic heterocycles. The van der Waals surface area contributed by atoms with Gasteiger partial charge in [0.2, 0.25) is 0 Å². The highest BCUT2D eigenvalue weighted by Crippen LogP contribution is 2.44. The van der Waals surface area contributed by atoms with Crippen molar-refractivity contribution < 1.29 is 34.8 Å². The van der Waals surface area contributed by atoms with Crippen LogP contribution in [0.1, 0.15) is 16.7 Å². The number of nitrogens with zero attached hydrogens (tertiary/aromatic N) is 1. The summed E-state index contributed by atoms with van der Waals surface area (Å²) in [6.45, 7) is 0.702. The Morgan fingerprint density at radius 2 is 1.10 bits per heavy atom. The SMILES string of the molecule is Cc1c(C(F)(F)F)cc(N(c2ccccc2)S(=O)(=O)c2ccccc2)cc1C(F)(F)F. The molecular weight excluding hydrogens is 444 g/mol. The van der Waals surface area contributed by atoms with Gasteiger partial charge in [-0.2, -0.15) is 26.3 Å². The van der Waals surface area contributed by atoms with Crippen LogP contribution >= 0.6 is 0 Å². The Labute approximate surface area is 174 Å². The largest absolute Gasteiger partial charge is 0.416 e. The minimum Gasteiger partial charge on any atom is -0.234 e. The van der Waals surface area contributed by atoms with E-state index in [4.69, 9.17) is 0 Å². The average molecular weight is 459 g/mol. The second-order valence-corrected chi connectivity index (χ2v) is 8.37. The first-order chi connectivity index (χ1) is 14.3. The van der Waals surface area contributed by atoms with Crippen molar-refractivity contribution in [3.05, 3.63) is 89.5 Å². The molecule has 0 atom stereocenters. The molecule has 31 heavy (non-hydrogen) atoms. The molecule has 0 aliphatic rings. The molecule has 3 aromatic carbocycles. The van der Waals surface area contributed by atoms with Gasteiger partial charge in [-0.15, -0.1) is 0 Å². The third-order valence-corrected chi connectivity index (χ3v) is 6.28. The number of rotatable bonds is 4. The number of sulfonamides is 1. The number of halogens is 6. The number of anilines is 2. The van der Waals surface area contributed by atoms with Crippen LogP contribution in [0.15, 0.2) is 77.7 Å². The Morgan fingerprint density at radius 3 is 1.52 bits per heavy atom. The summed E-state index contributed by atoms with van der Waals surface area (Å²) in [7, 11) is -4.55. The highest BCUT2D eigenvalue weighted by molar-refractivity contribution is 7.93. The Bertz CT molecular complexity index is 1140. The summed E-state index contributed by atoms with van der Waals surface area (Å²) in [5.41, 5.74) is -5.06. The van der Waals surface area contributed by atoms with Crippen molar-refractivity contribution in [3.8, 4) is 0 Å². The van der Waals surface area contributed by atoms with Crippen LogP contribution < -0.4 is 4.31 Å². The highest BCUT2D eigenvalue weighted by Gasteiger charge is 2.41. The highest BCUT2D eigenvalue weighted by atomic mass is 32.2. The van der Waals surface area contributed by atoms with Gasteiger partial charge in [-0.1, -0.05) is 36.4 Å².